The van der Waals surface area contributed by atoms with Crippen molar-refractivity contribution in [1.82, 2.24) is 19.0 Å². The van der Waals surface area contributed by atoms with Crippen LogP contribution in [0.1, 0.15) is 33.8 Å². The number of carbonyl (C=O) groups is 1. The number of benzene rings is 5. The molecule has 8 rings (SSSR count). The van der Waals surface area contributed by atoms with Crippen molar-refractivity contribution in [3.63, 3.8) is 0 Å². The van der Waals surface area contributed by atoms with E-state index in [4.69, 9.17) is 4.98 Å². The SMILES string of the molecule is Cc1c(CN2CCc3c(-c4ccccc4)c4ccccc4n3C2=O)ncn1C(c1ccccc1)(c1ccccc1)c1ccccc1. The van der Waals surface area contributed by atoms with E-state index in [0.29, 0.717) is 13.1 Å². The normalized spacial score (nSPS) is 13.2. The second-order valence-electron chi connectivity index (χ2n) is 11.9. The average Bonchev–Trinajstić information content (AvgIpc) is 3.66. The zero-order chi connectivity index (χ0) is 31.1. The van der Waals surface area contributed by atoms with E-state index in [9.17, 15) is 4.79 Å². The molecule has 224 valence electrons. The highest BCUT2D eigenvalue weighted by atomic mass is 16.2. The Labute approximate surface area is 269 Å². The van der Waals surface area contributed by atoms with Gasteiger partial charge >= 0.3 is 6.03 Å². The number of aromatic nitrogens is 3. The number of rotatable bonds is 7. The minimum atomic E-state index is -0.653. The number of fused-ring (bicyclic) bond motifs is 3. The van der Waals surface area contributed by atoms with E-state index in [0.717, 1.165) is 62.2 Å². The molecule has 2 aromatic heterocycles. The third kappa shape index (κ3) is 4.31. The molecule has 0 saturated heterocycles. The molecule has 3 heterocycles. The van der Waals surface area contributed by atoms with Gasteiger partial charge in [-0.1, -0.05) is 140 Å². The predicted octanol–water partition coefficient (Wildman–Crippen LogP) is 8.68. The molecule has 0 N–H and O–H groups in total. The minimum Gasteiger partial charge on any atom is -0.318 e. The highest BCUT2D eigenvalue weighted by Gasteiger charge is 2.40. The Morgan fingerprint density at radius 1 is 0.674 bits per heavy atom. The summed E-state index contributed by atoms with van der Waals surface area (Å²) in [7, 11) is 0. The van der Waals surface area contributed by atoms with E-state index >= 15 is 0 Å². The van der Waals surface area contributed by atoms with Gasteiger partial charge in [0, 0.05) is 35.3 Å². The van der Waals surface area contributed by atoms with Crippen LogP contribution >= 0.6 is 0 Å². The first-order valence-electron chi connectivity index (χ1n) is 15.8. The number of amides is 1. The molecule has 1 aliphatic rings. The molecule has 5 aromatic carbocycles. The first-order valence-corrected chi connectivity index (χ1v) is 15.8. The van der Waals surface area contributed by atoms with Crippen LogP contribution < -0.4 is 0 Å². The molecule has 5 heteroatoms. The Kier molecular flexibility index (Phi) is 6.87. The fourth-order valence-corrected chi connectivity index (χ4v) is 7.38. The van der Waals surface area contributed by atoms with Gasteiger partial charge in [0.1, 0.15) is 5.54 Å². The molecule has 0 saturated carbocycles. The molecule has 7 aromatic rings. The molecular formula is C41H34N4O. The minimum absolute atomic E-state index is 0.00553. The number of nitrogens with zero attached hydrogens (tertiary/aromatic N) is 4. The average molecular weight is 599 g/mol. The van der Waals surface area contributed by atoms with Crippen molar-refractivity contribution in [1.29, 1.82) is 0 Å². The first kappa shape index (κ1) is 27.8. The molecule has 0 radical (unpaired) electrons. The van der Waals surface area contributed by atoms with Gasteiger partial charge in [-0.25, -0.2) is 9.78 Å². The smallest absolute Gasteiger partial charge is 0.318 e. The van der Waals surface area contributed by atoms with Crippen molar-refractivity contribution in [2.75, 3.05) is 6.54 Å². The summed E-state index contributed by atoms with van der Waals surface area (Å²) in [5, 5.41) is 1.11. The van der Waals surface area contributed by atoms with Crippen LogP contribution in [-0.2, 0) is 18.5 Å². The summed E-state index contributed by atoms with van der Waals surface area (Å²) in [5.74, 6) is 0. The van der Waals surface area contributed by atoms with Gasteiger partial charge in [0.2, 0.25) is 0 Å². The number of hydrogen-bond donors (Lipinski definition) is 0. The summed E-state index contributed by atoms with van der Waals surface area (Å²) in [5.41, 5.74) is 9.02. The maximum atomic E-state index is 14.3. The van der Waals surface area contributed by atoms with Crippen LogP contribution in [0.15, 0.2) is 152 Å². The molecule has 0 atom stereocenters. The Bertz CT molecular complexity index is 2050. The Morgan fingerprint density at radius 2 is 1.20 bits per heavy atom. The maximum Gasteiger partial charge on any atom is 0.329 e. The van der Waals surface area contributed by atoms with Gasteiger partial charge in [-0.3, -0.25) is 4.57 Å². The van der Waals surface area contributed by atoms with Crippen LogP contribution in [0.2, 0.25) is 0 Å². The zero-order valence-corrected chi connectivity index (χ0v) is 25.8. The number of carbonyl (C=O) groups excluding carboxylic acids is 1. The van der Waals surface area contributed by atoms with Gasteiger partial charge in [0.05, 0.1) is 24.1 Å². The molecule has 0 aliphatic carbocycles. The summed E-state index contributed by atoms with van der Waals surface area (Å²) in [6.07, 6.45) is 2.72. The van der Waals surface area contributed by atoms with E-state index < -0.39 is 5.54 Å². The second kappa shape index (κ2) is 11.4. The van der Waals surface area contributed by atoms with Crippen LogP contribution in [0.3, 0.4) is 0 Å². The largest absolute Gasteiger partial charge is 0.329 e. The third-order valence-corrected chi connectivity index (χ3v) is 9.50. The molecule has 0 fully saturated rings. The molecule has 1 amide bonds. The van der Waals surface area contributed by atoms with Gasteiger partial charge in [0.15, 0.2) is 0 Å². The molecule has 46 heavy (non-hydrogen) atoms. The summed E-state index contributed by atoms with van der Waals surface area (Å²) < 4.78 is 4.22. The second-order valence-corrected chi connectivity index (χ2v) is 11.9. The topological polar surface area (TPSA) is 43.1 Å². The van der Waals surface area contributed by atoms with E-state index in [2.05, 4.69) is 145 Å². The van der Waals surface area contributed by atoms with Crippen LogP contribution in [0.25, 0.3) is 22.0 Å². The lowest BCUT2D eigenvalue weighted by atomic mass is 9.76. The van der Waals surface area contributed by atoms with Crippen molar-refractivity contribution >= 4 is 16.9 Å². The van der Waals surface area contributed by atoms with Crippen molar-refractivity contribution in [3.8, 4) is 11.1 Å². The van der Waals surface area contributed by atoms with E-state index in [1.165, 1.54) is 0 Å². The van der Waals surface area contributed by atoms with Gasteiger partial charge in [-0.15, -0.1) is 0 Å². The number of hydrogen-bond acceptors (Lipinski definition) is 2. The maximum absolute atomic E-state index is 14.3. The molecule has 5 nitrogen and oxygen atoms in total. The summed E-state index contributed by atoms with van der Waals surface area (Å²) in [4.78, 5) is 21.3. The fraction of sp³-hybridized carbons (Fsp3) is 0.122. The lowest BCUT2D eigenvalue weighted by Crippen LogP contribution is -2.41. The van der Waals surface area contributed by atoms with Crippen LogP contribution in [0, 0.1) is 6.92 Å². The molecule has 0 unspecified atom stereocenters. The molecule has 0 bridgehead atoms. The van der Waals surface area contributed by atoms with Crippen molar-refractivity contribution in [2.24, 2.45) is 0 Å². The number of imidazole rings is 1. The highest BCUT2D eigenvalue weighted by molar-refractivity contribution is 6.04. The summed E-state index contributed by atoms with van der Waals surface area (Å²) in [6, 6.07) is 50.5. The van der Waals surface area contributed by atoms with Gasteiger partial charge in [-0.05, 0) is 35.2 Å². The Hall–Kier alpha value is -5.68. The summed E-state index contributed by atoms with van der Waals surface area (Å²) in [6.45, 7) is 3.19. The lowest BCUT2D eigenvalue weighted by Gasteiger charge is -2.38. The molecule has 0 spiro atoms. The quantitative estimate of drug-likeness (QED) is 0.172. The first-order chi connectivity index (χ1) is 22.7. The number of para-hydroxylation sites is 1. The van der Waals surface area contributed by atoms with E-state index in [-0.39, 0.29) is 6.03 Å². The van der Waals surface area contributed by atoms with Crippen LogP contribution in [-0.4, -0.2) is 31.6 Å². The van der Waals surface area contributed by atoms with Gasteiger partial charge in [-0.2, -0.15) is 0 Å². The molecular weight excluding hydrogens is 564 g/mol. The van der Waals surface area contributed by atoms with E-state index in [1.54, 1.807) is 0 Å². The van der Waals surface area contributed by atoms with Crippen LogP contribution in [0.4, 0.5) is 4.79 Å². The Morgan fingerprint density at radius 3 is 1.78 bits per heavy atom. The van der Waals surface area contributed by atoms with Crippen molar-refractivity contribution in [3.05, 3.63) is 186 Å². The zero-order valence-electron chi connectivity index (χ0n) is 25.8. The van der Waals surface area contributed by atoms with Gasteiger partial charge in [0.25, 0.3) is 0 Å². The fourth-order valence-electron chi connectivity index (χ4n) is 7.38. The lowest BCUT2D eigenvalue weighted by molar-refractivity contribution is 0.190. The van der Waals surface area contributed by atoms with Crippen molar-refractivity contribution < 1.29 is 4.79 Å². The predicted molar refractivity (Wildman–Crippen MR) is 184 cm³/mol. The third-order valence-electron chi connectivity index (χ3n) is 9.50. The Balaban J connectivity index is 1.23. The molecule has 1 aliphatic heterocycles. The van der Waals surface area contributed by atoms with Crippen LogP contribution in [0.5, 0.6) is 0 Å². The monoisotopic (exact) mass is 598 g/mol. The summed E-state index contributed by atoms with van der Waals surface area (Å²) >= 11 is 0. The van der Waals surface area contributed by atoms with Crippen molar-refractivity contribution in [2.45, 2.75) is 25.4 Å². The van der Waals surface area contributed by atoms with E-state index in [1.807, 2.05) is 27.9 Å². The standard InChI is InChI=1S/C41H34N4O/c1-30-36(28-43-27-26-38-39(31-16-6-2-7-17-31)35-24-14-15-25-37(35)45(38)40(43)46)42-29-44(30)41(32-18-8-3-9-19-32,33-20-10-4-11-21-33)34-22-12-5-13-23-34/h2-25,29H,26-28H2,1H3. The highest BCUT2D eigenvalue weighted by Crippen LogP contribution is 2.42. The van der Waals surface area contributed by atoms with Gasteiger partial charge < -0.3 is 9.47 Å².